The van der Waals surface area contributed by atoms with Gasteiger partial charge in [0.2, 0.25) is 0 Å². The molecule has 1 heterocycles. The van der Waals surface area contributed by atoms with Crippen LogP contribution in [0, 0.1) is 0 Å². The third-order valence-electron chi connectivity index (χ3n) is 8.27. The van der Waals surface area contributed by atoms with Crippen LogP contribution < -0.4 is 33.7 Å². The van der Waals surface area contributed by atoms with Gasteiger partial charge in [-0.2, -0.15) is 0 Å². The van der Waals surface area contributed by atoms with Crippen LogP contribution in [0.15, 0.2) is 84.9 Å². The molecule has 5 rings (SSSR count). The number of aliphatic hydroxyl groups excluding tert-OH is 2. The van der Waals surface area contributed by atoms with E-state index in [1.165, 1.54) is 0 Å². The normalized spacial score (nSPS) is 18.8. The minimum absolute atomic E-state index is 0.0233. The van der Waals surface area contributed by atoms with Crippen LogP contribution in [-0.2, 0) is 10.3 Å². The van der Waals surface area contributed by atoms with Crippen LogP contribution in [0.4, 0.5) is 0 Å². The summed E-state index contributed by atoms with van der Waals surface area (Å²) in [4.78, 5) is 0. The predicted molar refractivity (Wildman–Crippen MR) is 172 cm³/mol. The fraction of sp³-hybridized carbons (Fsp3) is 0.333. The smallest absolute Gasteiger partial charge is 0.161 e. The van der Waals surface area contributed by atoms with Crippen molar-refractivity contribution < 1.29 is 43.4 Å². The fourth-order valence-electron chi connectivity index (χ4n) is 5.64. The molecular formula is C36H41NO9. The topological polar surface area (TPSA) is 117 Å². The molecule has 4 aromatic rings. The van der Waals surface area contributed by atoms with Gasteiger partial charge in [-0.05, 0) is 77.7 Å². The lowest BCUT2D eigenvalue weighted by Crippen LogP contribution is -2.40. The molecule has 0 radical (unpaired) electrons. The number of nitrogens with one attached hydrogen (secondary N) is 1. The SMILES string of the molecule is COc1ccc(C(O)COc2ccc(C3(c4ccc(OCC(O)c5ccc(OC)c(OC)c5)cc4)OCNC3C)cc2)cc1OC. The second kappa shape index (κ2) is 14.7. The van der Waals surface area contributed by atoms with E-state index in [9.17, 15) is 10.2 Å². The molecule has 0 aliphatic carbocycles. The second-order valence-corrected chi connectivity index (χ2v) is 10.9. The first kappa shape index (κ1) is 32.9. The van der Waals surface area contributed by atoms with Gasteiger partial charge in [-0.15, -0.1) is 0 Å². The van der Waals surface area contributed by atoms with Gasteiger partial charge in [-0.1, -0.05) is 36.4 Å². The molecule has 10 nitrogen and oxygen atoms in total. The minimum atomic E-state index is -0.853. The van der Waals surface area contributed by atoms with Crippen LogP contribution in [0.3, 0.4) is 0 Å². The Bertz CT molecular complexity index is 1470. The maximum atomic E-state index is 10.7. The number of rotatable bonds is 14. The monoisotopic (exact) mass is 631 g/mol. The van der Waals surface area contributed by atoms with Crippen molar-refractivity contribution in [3.05, 3.63) is 107 Å². The summed E-state index contributed by atoms with van der Waals surface area (Å²) in [5.74, 6) is 3.50. The maximum absolute atomic E-state index is 10.7. The number of hydrogen-bond acceptors (Lipinski definition) is 10. The van der Waals surface area contributed by atoms with Crippen molar-refractivity contribution in [1.82, 2.24) is 5.32 Å². The van der Waals surface area contributed by atoms with E-state index in [0.29, 0.717) is 52.4 Å². The number of benzene rings is 4. The van der Waals surface area contributed by atoms with E-state index in [2.05, 4.69) is 12.2 Å². The summed E-state index contributed by atoms with van der Waals surface area (Å²) in [6.07, 6.45) is -1.71. The Hall–Kier alpha value is -4.48. The van der Waals surface area contributed by atoms with Crippen molar-refractivity contribution in [3.8, 4) is 34.5 Å². The van der Waals surface area contributed by atoms with E-state index in [1.807, 2.05) is 48.5 Å². The van der Waals surface area contributed by atoms with Gasteiger partial charge in [0.25, 0.3) is 0 Å². The van der Waals surface area contributed by atoms with Gasteiger partial charge < -0.3 is 43.4 Å². The van der Waals surface area contributed by atoms with E-state index in [4.69, 9.17) is 33.2 Å². The molecule has 0 bridgehead atoms. The van der Waals surface area contributed by atoms with Gasteiger partial charge in [-0.25, -0.2) is 0 Å². The largest absolute Gasteiger partial charge is 0.493 e. The molecule has 4 aromatic carbocycles. The molecule has 244 valence electrons. The zero-order chi connectivity index (χ0) is 32.7. The number of aliphatic hydroxyl groups is 2. The van der Waals surface area contributed by atoms with Crippen molar-refractivity contribution in [2.24, 2.45) is 0 Å². The predicted octanol–water partition coefficient (Wildman–Crippen LogP) is 5.16. The van der Waals surface area contributed by atoms with Gasteiger partial charge in [0, 0.05) is 6.04 Å². The highest BCUT2D eigenvalue weighted by Gasteiger charge is 2.45. The van der Waals surface area contributed by atoms with Crippen LogP contribution >= 0.6 is 0 Å². The van der Waals surface area contributed by atoms with Gasteiger partial charge in [0.1, 0.15) is 42.5 Å². The highest BCUT2D eigenvalue weighted by atomic mass is 16.5. The molecule has 3 unspecified atom stereocenters. The van der Waals surface area contributed by atoms with E-state index < -0.39 is 17.8 Å². The zero-order valence-electron chi connectivity index (χ0n) is 26.7. The lowest BCUT2D eigenvalue weighted by atomic mass is 9.81. The summed E-state index contributed by atoms with van der Waals surface area (Å²) < 4.78 is 39.5. The molecule has 0 aromatic heterocycles. The minimum Gasteiger partial charge on any atom is -0.493 e. The molecule has 0 saturated carbocycles. The van der Waals surface area contributed by atoms with Crippen LogP contribution in [0.2, 0.25) is 0 Å². The Labute approximate surface area is 269 Å². The number of methoxy groups -OCH3 is 4. The van der Waals surface area contributed by atoms with Crippen LogP contribution in [0.5, 0.6) is 34.5 Å². The summed E-state index contributed by atoms with van der Waals surface area (Å²) in [6.45, 7) is 2.61. The number of hydrogen-bond donors (Lipinski definition) is 3. The molecular weight excluding hydrogens is 590 g/mol. The van der Waals surface area contributed by atoms with E-state index >= 15 is 0 Å². The Morgan fingerprint density at radius 3 is 1.41 bits per heavy atom. The first-order valence-corrected chi connectivity index (χ1v) is 15.0. The molecule has 10 heteroatoms. The second-order valence-electron chi connectivity index (χ2n) is 10.9. The van der Waals surface area contributed by atoms with E-state index in [0.717, 1.165) is 11.1 Å². The molecule has 46 heavy (non-hydrogen) atoms. The van der Waals surface area contributed by atoms with Crippen molar-refractivity contribution in [2.75, 3.05) is 48.4 Å². The van der Waals surface area contributed by atoms with Gasteiger partial charge in [0.15, 0.2) is 23.0 Å². The summed E-state index contributed by atoms with van der Waals surface area (Å²) in [7, 11) is 6.25. The average molecular weight is 632 g/mol. The molecule has 0 spiro atoms. The standard InChI is InChI=1S/C36H41NO9/c1-23-36(46-22-37-23,26-8-12-28(13-9-26)44-20-30(38)24-6-16-32(40-2)34(18-24)42-4)27-10-14-29(15-11-27)45-21-31(39)25-7-17-33(41-3)35(19-25)43-5/h6-19,23,30-31,37-39H,20-22H2,1-5H3. The fourth-order valence-corrected chi connectivity index (χ4v) is 5.64. The highest BCUT2D eigenvalue weighted by molar-refractivity contribution is 5.46. The molecule has 1 saturated heterocycles. The summed E-state index contributed by atoms with van der Waals surface area (Å²) >= 11 is 0. The van der Waals surface area contributed by atoms with Gasteiger partial charge in [-0.3, -0.25) is 5.32 Å². The number of ether oxygens (including phenoxy) is 7. The van der Waals surface area contributed by atoms with E-state index in [-0.39, 0.29) is 19.3 Å². The van der Waals surface area contributed by atoms with Crippen molar-refractivity contribution in [2.45, 2.75) is 30.8 Å². The first-order chi connectivity index (χ1) is 22.3. The summed E-state index contributed by atoms with van der Waals surface area (Å²) in [5.41, 5.74) is 2.49. The Morgan fingerprint density at radius 2 is 1.07 bits per heavy atom. The highest BCUT2D eigenvalue weighted by Crippen LogP contribution is 2.41. The molecule has 3 atom stereocenters. The Kier molecular flexibility index (Phi) is 10.5. The Balaban J connectivity index is 1.25. The summed E-state index contributed by atoms with van der Waals surface area (Å²) in [5, 5.41) is 24.8. The lowest BCUT2D eigenvalue weighted by molar-refractivity contribution is 0.0287. The van der Waals surface area contributed by atoms with Crippen LogP contribution in [-0.4, -0.2) is 64.6 Å². The molecule has 0 amide bonds. The quantitative estimate of drug-likeness (QED) is 0.172. The zero-order valence-corrected chi connectivity index (χ0v) is 26.7. The lowest BCUT2D eigenvalue weighted by Gasteiger charge is -2.33. The molecule has 1 aliphatic heterocycles. The maximum Gasteiger partial charge on any atom is 0.161 e. The van der Waals surface area contributed by atoms with Gasteiger partial charge >= 0.3 is 0 Å². The van der Waals surface area contributed by atoms with Crippen LogP contribution in [0.1, 0.15) is 41.4 Å². The third kappa shape index (κ3) is 6.85. The molecule has 1 fully saturated rings. The van der Waals surface area contributed by atoms with Crippen molar-refractivity contribution in [3.63, 3.8) is 0 Å². The molecule has 1 aliphatic rings. The van der Waals surface area contributed by atoms with E-state index in [1.54, 1.807) is 64.8 Å². The Morgan fingerprint density at radius 1 is 0.652 bits per heavy atom. The average Bonchev–Trinajstić information content (AvgIpc) is 3.50. The summed E-state index contributed by atoms with van der Waals surface area (Å²) in [6, 6.07) is 25.9. The third-order valence-corrected chi connectivity index (χ3v) is 8.27. The van der Waals surface area contributed by atoms with Crippen molar-refractivity contribution >= 4 is 0 Å². The van der Waals surface area contributed by atoms with Gasteiger partial charge in [0.05, 0.1) is 35.2 Å². The molecule has 3 N–H and O–H groups in total. The van der Waals surface area contributed by atoms with Crippen molar-refractivity contribution in [1.29, 1.82) is 0 Å². The first-order valence-electron chi connectivity index (χ1n) is 15.0. The van der Waals surface area contributed by atoms with Crippen LogP contribution in [0.25, 0.3) is 0 Å².